The molecule has 3 rings (SSSR count). The number of hydrogen-bond acceptors (Lipinski definition) is 5. The molecule has 0 spiro atoms. The van der Waals surface area contributed by atoms with Crippen molar-refractivity contribution in [2.45, 2.75) is 39.2 Å². The first-order valence-electron chi connectivity index (χ1n) is 11.0. The van der Waals surface area contributed by atoms with Crippen molar-refractivity contribution in [1.82, 2.24) is 20.0 Å². The van der Waals surface area contributed by atoms with Gasteiger partial charge in [0.25, 0.3) is 5.91 Å². The number of piperidine rings is 1. The zero-order chi connectivity index (χ0) is 22.4. The van der Waals surface area contributed by atoms with E-state index in [1.54, 1.807) is 19.2 Å². The number of carbonyl (C=O) groups excluding carboxylic acids is 2. The molecule has 0 aromatic carbocycles. The van der Waals surface area contributed by atoms with Gasteiger partial charge in [-0.2, -0.15) is 0 Å². The Morgan fingerprint density at radius 2 is 1.87 bits per heavy atom. The molecule has 1 N–H and O–H groups in total. The van der Waals surface area contributed by atoms with Gasteiger partial charge in [0.05, 0.1) is 6.26 Å². The van der Waals surface area contributed by atoms with Gasteiger partial charge in [-0.1, -0.05) is 0 Å². The molecule has 0 bridgehead atoms. The Morgan fingerprint density at radius 1 is 1.16 bits per heavy atom. The second-order valence-corrected chi connectivity index (χ2v) is 9.12. The van der Waals surface area contributed by atoms with Crippen molar-refractivity contribution in [3.8, 4) is 0 Å². The van der Waals surface area contributed by atoms with Crippen molar-refractivity contribution in [2.75, 3.05) is 52.9 Å². The first-order valence-corrected chi connectivity index (χ1v) is 11.0. The average Bonchev–Trinajstić information content (AvgIpc) is 3.28. The fourth-order valence-electron chi connectivity index (χ4n) is 3.97. The Bertz CT molecular complexity index is 763. The van der Waals surface area contributed by atoms with Gasteiger partial charge in [-0.05, 0) is 51.7 Å². The van der Waals surface area contributed by atoms with Crippen LogP contribution in [0.5, 0.6) is 0 Å². The lowest BCUT2D eigenvalue weighted by Gasteiger charge is -2.37. The van der Waals surface area contributed by atoms with Crippen LogP contribution < -0.4 is 5.32 Å². The lowest BCUT2D eigenvalue weighted by molar-refractivity contribution is 0.0168. The number of nitrogens with one attached hydrogen (secondary N) is 1. The molecule has 1 atom stereocenters. The Hall–Kier alpha value is -2.71. The van der Waals surface area contributed by atoms with E-state index in [4.69, 9.17) is 9.15 Å². The maximum absolute atomic E-state index is 12.4. The van der Waals surface area contributed by atoms with Crippen molar-refractivity contribution in [2.24, 2.45) is 10.9 Å². The Morgan fingerprint density at radius 3 is 2.48 bits per heavy atom. The summed E-state index contributed by atoms with van der Waals surface area (Å²) in [5.74, 6) is 1.49. The summed E-state index contributed by atoms with van der Waals surface area (Å²) < 4.78 is 10.7. The Kier molecular flexibility index (Phi) is 7.46. The first-order chi connectivity index (χ1) is 14.8. The van der Waals surface area contributed by atoms with Gasteiger partial charge >= 0.3 is 6.09 Å². The molecule has 2 aliphatic rings. The second-order valence-electron chi connectivity index (χ2n) is 9.12. The van der Waals surface area contributed by atoms with Gasteiger partial charge in [-0.25, -0.2) is 4.79 Å². The first kappa shape index (κ1) is 23.0. The van der Waals surface area contributed by atoms with E-state index in [1.807, 2.05) is 30.6 Å². The van der Waals surface area contributed by atoms with E-state index in [-0.39, 0.29) is 12.0 Å². The average molecular weight is 434 g/mol. The largest absolute Gasteiger partial charge is 0.459 e. The van der Waals surface area contributed by atoms with Gasteiger partial charge in [-0.3, -0.25) is 9.79 Å². The van der Waals surface area contributed by atoms with Crippen LogP contribution in [-0.2, 0) is 4.74 Å². The zero-order valence-electron chi connectivity index (χ0n) is 19.1. The third-order valence-corrected chi connectivity index (χ3v) is 5.53. The molecule has 1 aromatic heterocycles. The number of ether oxygens (including phenoxy) is 1. The topological polar surface area (TPSA) is 90.6 Å². The predicted octanol–water partition coefficient (Wildman–Crippen LogP) is 2.26. The molecule has 9 nitrogen and oxygen atoms in total. The summed E-state index contributed by atoms with van der Waals surface area (Å²) in [5.41, 5.74) is -0.481. The van der Waals surface area contributed by atoms with Crippen LogP contribution in [0.2, 0.25) is 0 Å². The quantitative estimate of drug-likeness (QED) is 0.581. The maximum atomic E-state index is 12.4. The number of hydrogen-bond donors (Lipinski definition) is 1. The number of furan rings is 1. The smallest absolute Gasteiger partial charge is 0.410 e. The van der Waals surface area contributed by atoms with Crippen LogP contribution in [0, 0.1) is 5.92 Å². The van der Waals surface area contributed by atoms with E-state index in [2.05, 4.69) is 15.2 Å². The molecule has 1 aromatic rings. The monoisotopic (exact) mass is 433 g/mol. The molecule has 2 aliphatic heterocycles. The number of guanidine groups is 1. The molecule has 0 radical (unpaired) electrons. The Labute approximate surface area is 184 Å². The highest BCUT2D eigenvalue weighted by Crippen LogP contribution is 2.19. The van der Waals surface area contributed by atoms with E-state index in [0.717, 1.165) is 31.9 Å². The van der Waals surface area contributed by atoms with Crippen LogP contribution in [0.4, 0.5) is 4.79 Å². The molecular formula is C22H35N5O4. The van der Waals surface area contributed by atoms with Gasteiger partial charge in [0.15, 0.2) is 11.7 Å². The molecule has 3 heterocycles. The highest BCUT2D eigenvalue weighted by molar-refractivity contribution is 5.91. The lowest BCUT2D eigenvalue weighted by Crippen LogP contribution is -2.54. The summed E-state index contributed by atoms with van der Waals surface area (Å²) >= 11 is 0. The van der Waals surface area contributed by atoms with E-state index in [0.29, 0.717) is 44.4 Å². The van der Waals surface area contributed by atoms with Crippen LogP contribution in [0.1, 0.15) is 44.2 Å². The predicted molar refractivity (Wildman–Crippen MR) is 118 cm³/mol. The van der Waals surface area contributed by atoms with Crippen LogP contribution in [0.25, 0.3) is 0 Å². The number of aliphatic imine (C=N–C) groups is 1. The number of piperazine rings is 1. The van der Waals surface area contributed by atoms with Gasteiger partial charge in [0.2, 0.25) is 0 Å². The van der Waals surface area contributed by atoms with Crippen molar-refractivity contribution >= 4 is 18.0 Å². The van der Waals surface area contributed by atoms with E-state index >= 15 is 0 Å². The van der Waals surface area contributed by atoms with Crippen LogP contribution in [0.15, 0.2) is 27.8 Å². The normalized spacial score (nSPS) is 20.6. The van der Waals surface area contributed by atoms with Crippen molar-refractivity contribution in [1.29, 1.82) is 0 Å². The molecule has 172 valence electrons. The highest BCUT2D eigenvalue weighted by atomic mass is 16.6. The minimum atomic E-state index is -0.481. The van der Waals surface area contributed by atoms with Crippen LogP contribution in [-0.4, -0.2) is 91.1 Å². The minimum absolute atomic E-state index is 0.0722. The van der Waals surface area contributed by atoms with E-state index in [1.165, 1.54) is 6.26 Å². The summed E-state index contributed by atoms with van der Waals surface area (Å²) in [5, 5.41) is 3.46. The highest BCUT2D eigenvalue weighted by Gasteiger charge is 2.29. The standard InChI is InChI=1S/C22H35N5O4/c1-22(2,3)31-21(29)27-9-5-7-17(16-27)15-24-20(23-4)26-12-10-25(11-13-26)19(28)18-8-6-14-30-18/h6,8,14,17H,5,7,9-13,15-16H2,1-4H3,(H,23,24). The molecule has 2 fully saturated rings. The number of likely N-dealkylation sites (tertiary alicyclic amines) is 1. The van der Waals surface area contributed by atoms with Gasteiger partial charge in [0, 0.05) is 52.9 Å². The van der Waals surface area contributed by atoms with Gasteiger partial charge < -0.3 is 29.2 Å². The molecule has 9 heteroatoms. The molecular weight excluding hydrogens is 398 g/mol. The fraction of sp³-hybridized carbons (Fsp3) is 0.682. The lowest BCUT2D eigenvalue weighted by atomic mass is 9.98. The van der Waals surface area contributed by atoms with Crippen LogP contribution >= 0.6 is 0 Å². The number of nitrogens with zero attached hydrogens (tertiary/aromatic N) is 4. The van der Waals surface area contributed by atoms with Crippen molar-refractivity contribution in [3.63, 3.8) is 0 Å². The number of carbonyl (C=O) groups is 2. The van der Waals surface area contributed by atoms with Crippen molar-refractivity contribution in [3.05, 3.63) is 24.2 Å². The van der Waals surface area contributed by atoms with E-state index < -0.39 is 5.60 Å². The maximum Gasteiger partial charge on any atom is 0.410 e. The van der Waals surface area contributed by atoms with Gasteiger partial charge in [-0.15, -0.1) is 0 Å². The molecule has 1 unspecified atom stereocenters. The summed E-state index contributed by atoms with van der Waals surface area (Å²) in [6.45, 7) is 10.5. The van der Waals surface area contributed by atoms with E-state index in [9.17, 15) is 9.59 Å². The zero-order valence-corrected chi connectivity index (χ0v) is 19.1. The molecule has 31 heavy (non-hydrogen) atoms. The van der Waals surface area contributed by atoms with Gasteiger partial charge in [0.1, 0.15) is 5.60 Å². The van der Waals surface area contributed by atoms with Crippen molar-refractivity contribution < 1.29 is 18.7 Å². The summed E-state index contributed by atoms with van der Waals surface area (Å²) in [7, 11) is 1.77. The molecule has 2 amide bonds. The Balaban J connectivity index is 1.45. The number of rotatable bonds is 3. The second kappa shape index (κ2) is 10.1. The third kappa shape index (κ3) is 6.38. The minimum Gasteiger partial charge on any atom is -0.459 e. The summed E-state index contributed by atoms with van der Waals surface area (Å²) in [4.78, 5) is 35.0. The summed E-state index contributed by atoms with van der Waals surface area (Å²) in [6.07, 6.45) is 3.32. The molecule has 0 aliphatic carbocycles. The fourth-order valence-corrected chi connectivity index (χ4v) is 3.97. The molecule has 0 saturated carbocycles. The molecule has 2 saturated heterocycles. The summed E-state index contributed by atoms with van der Waals surface area (Å²) in [6, 6.07) is 3.42. The van der Waals surface area contributed by atoms with Crippen LogP contribution in [0.3, 0.4) is 0 Å². The number of amides is 2. The SMILES string of the molecule is CN=C(NCC1CCCN(C(=O)OC(C)(C)C)C1)N1CCN(C(=O)c2ccco2)CC1. The third-order valence-electron chi connectivity index (χ3n) is 5.53.